The molecule has 3 aromatic carbocycles. The van der Waals surface area contributed by atoms with Gasteiger partial charge in [0.05, 0.1) is 0 Å². The van der Waals surface area contributed by atoms with Crippen molar-refractivity contribution in [1.82, 2.24) is 0 Å². The Kier molecular flexibility index (Phi) is 11.7. The molecule has 3 aromatic rings. The van der Waals surface area contributed by atoms with Gasteiger partial charge in [-0.3, -0.25) is 0 Å². The first-order valence-electron chi connectivity index (χ1n) is 11.1. The summed E-state index contributed by atoms with van der Waals surface area (Å²) in [6, 6.07) is 21.8. The third-order valence-electron chi connectivity index (χ3n) is 5.58. The molecule has 5 rings (SSSR count). The van der Waals surface area contributed by atoms with E-state index in [-0.39, 0.29) is 21.7 Å². The van der Waals surface area contributed by atoms with E-state index in [1.54, 1.807) is 11.6 Å². The zero-order valence-electron chi connectivity index (χ0n) is 19.2. The van der Waals surface area contributed by atoms with Gasteiger partial charge in [0.1, 0.15) is 0 Å². The molecule has 0 spiro atoms. The Morgan fingerprint density at radius 1 is 1.09 bits per heavy atom. The summed E-state index contributed by atoms with van der Waals surface area (Å²) in [6.07, 6.45) is 18.6. The number of hydrogen-bond donors (Lipinski definition) is 0. The van der Waals surface area contributed by atoms with Crippen molar-refractivity contribution in [3.05, 3.63) is 121 Å². The molecule has 2 heteroatoms. The summed E-state index contributed by atoms with van der Waals surface area (Å²) in [5, 5.41) is 5.58. The Morgan fingerprint density at radius 2 is 1.88 bits per heavy atom. The van der Waals surface area contributed by atoms with Crippen molar-refractivity contribution < 1.29 is 21.7 Å². The molecule has 2 aliphatic carbocycles. The Morgan fingerprint density at radius 3 is 2.56 bits per heavy atom. The Hall–Kier alpha value is -1.98. The van der Waals surface area contributed by atoms with Crippen molar-refractivity contribution in [2.45, 2.75) is 33.1 Å². The molecular formula is C30H33PTi. The maximum Gasteiger partial charge on any atom is 2.00 e. The minimum absolute atomic E-state index is 0. The van der Waals surface area contributed by atoms with Crippen LogP contribution in [-0.2, 0) is 21.7 Å². The van der Waals surface area contributed by atoms with Crippen LogP contribution < -0.4 is 10.6 Å². The van der Waals surface area contributed by atoms with Gasteiger partial charge in [-0.25, -0.2) is 18.1 Å². The number of hydrogen-bond acceptors (Lipinski definition) is 0. The summed E-state index contributed by atoms with van der Waals surface area (Å²) in [5.41, 5.74) is 2.97. The third kappa shape index (κ3) is 7.86. The molecule has 0 aromatic heterocycles. The smallest absolute Gasteiger partial charge is 0.227 e. The van der Waals surface area contributed by atoms with E-state index in [2.05, 4.69) is 98.8 Å². The number of allylic oxidation sites excluding steroid dienone is 7. The predicted octanol–water partition coefficient (Wildman–Crippen LogP) is 7.73. The zero-order valence-corrected chi connectivity index (χ0v) is 21.8. The second kappa shape index (κ2) is 14.2. The Labute approximate surface area is 211 Å². The van der Waals surface area contributed by atoms with Gasteiger partial charge in [0.2, 0.25) is 0 Å². The van der Waals surface area contributed by atoms with Crippen molar-refractivity contribution in [2.24, 2.45) is 5.92 Å². The number of aryl methyl sites for hydroxylation is 1. The molecule has 1 fully saturated rings. The fourth-order valence-electron chi connectivity index (χ4n) is 3.89. The van der Waals surface area contributed by atoms with E-state index in [1.807, 2.05) is 19.1 Å². The molecule has 32 heavy (non-hydrogen) atoms. The SMILES string of the molecule is C1=CCC2CC[CH-]C2=C1.C=CC=CC.Cc1ccccc1Pc1cc2ccccc2[cH-]1.[Ti+2]. The van der Waals surface area contributed by atoms with Crippen LogP contribution in [0.5, 0.6) is 0 Å². The van der Waals surface area contributed by atoms with Crippen molar-refractivity contribution >= 4 is 30.0 Å². The van der Waals surface area contributed by atoms with Crippen LogP contribution in [-0.4, -0.2) is 0 Å². The predicted molar refractivity (Wildman–Crippen MR) is 142 cm³/mol. The largest absolute Gasteiger partial charge is 2.00 e. The van der Waals surface area contributed by atoms with E-state index in [0.29, 0.717) is 0 Å². The minimum atomic E-state index is 0. The maximum absolute atomic E-state index is 3.46. The van der Waals surface area contributed by atoms with Crippen LogP contribution in [0.4, 0.5) is 0 Å². The van der Waals surface area contributed by atoms with Crippen molar-refractivity contribution in [3.63, 3.8) is 0 Å². The molecule has 0 N–H and O–H groups in total. The van der Waals surface area contributed by atoms with Crippen LogP contribution in [0.25, 0.3) is 10.8 Å². The third-order valence-corrected chi connectivity index (χ3v) is 6.99. The van der Waals surface area contributed by atoms with Crippen molar-refractivity contribution in [1.29, 1.82) is 0 Å². The van der Waals surface area contributed by atoms with Gasteiger partial charge < -0.3 is 0 Å². The molecule has 2 atom stereocenters. The van der Waals surface area contributed by atoms with Crippen LogP contribution in [0, 0.1) is 19.3 Å². The molecule has 1 saturated carbocycles. The molecule has 0 radical (unpaired) electrons. The standard InChI is InChI=1S/C16H14P.C9H11.C5H8.Ti/c1-12-6-2-5-9-16(12)17-15-10-13-7-3-4-8-14(13)11-15;1-2-5-9-7-3-6-8(9)4-1;1-3-5-4-2;/h2-11,17H,1H3;1-2,4,6,9H,3,5,7H2;3-5H,1H2,2H3;/q2*-1;;+2. The summed E-state index contributed by atoms with van der Waals surface area (Å²) in [4.78, 5) is 0. The van der Waals surface area contributed by atoms with Crippen LogP contribution in [0.1, 0.15) is 31.7 Å². The van der Waals surface area contributed by atoms with E-state index < -0.39 is 0 Å². The van der Waals surface area contributed by atoms with Gasteiger partial charge in [-0.1, -0.05) is 70.1 Å². The van der Waals surface area contributed by atoms with Gasteiger partial charge in [-0.05, 0) is 37.1 Å². The van der Waals surface area contributed by atoms with E-state index in [4.69, 9.17) is 0 Å². The summed E-state index contributed by atoms with van der Waals surface area (Å²) in [6.45, 7) is 7.61. The summed E-state index contributed by atoms with van der Waals surface area (Å²) in [7, 11) is 0.759. The first-order valence-corrected chi connectivity index (χ1v) is 12.1. The normalized spacial score (nSPS) is 16.3. The van der Waals surface area contributed by atoms with E-state index in [1.165, 1.54) is 46.2 Å². The molecule has 0 nitrogen and oxygen atoms in total. The molecule has 0 amide bonds. The van der Waals surface area contributed by atoms with Crippen LogP contribution in [0.15, 0.2) is 109 Å². The van der Waals surface area contributed by atoms with E-state index >= 15 is 0 Å². The fourth-order valence-corrected chi connectivity index (χ4v) is 5.12. The molecule has 0 aliphatic heterocycles. The average molecular weight is 472 g/mol. The first kappa shape index (κ1) is 26.3. The monoisotopic (exact) mass is 472 g/mol. The molecule has 0 saturated heterocycles. The van der Waals surface area contributed by atoms with Gasteiger partial charge in [0.25, 0.3) is 0 Å². The quantitative estimate of drug-likeness (QED) is 0.158. The fraction of sp³-hybridized carbons (Fsp3) is 0.200. The van der Waals surface area contributed by atoms with Crippen molar-refractivity contribution in [2.75, 3.05) is 0 Å². The molecule has 0 heterocycles. The van der Waals surface area contributed by atoms with Crippen molar-refractivity contribution in [3.8, 4) is 0 Å². The molecule has 0 bridgehead atoms. The Bertz CT molecular complexity index is 1030. The van der Waals surface area contributed by atoms with Gasteiger partial charge in [-0.2, -0.15) is 6.07 Å². The molecule has 162 valence electrons. The molecule has 2 aliphatic rings. The van der Waals surface area contributed by atoms with Crippen LogP contribution in [0.3, 0.4) is 0 Å². The molecule has 2 unspecified atom stereocenters. The Balaban J connectivity index is 0.000000203. The topological polar surface area (TPSA) is 0 Å². The van der Waals surface area contributed by atoms with Gasteiger partial charge in [0.15, 0.2) is 0 Å². The summed E-state index contributed by atoms with van der Waals surface area (Å²) >= 11 is 0. The first-order chi connectivity index (χ1) is 15.2. The van der Waals surface area contributed by atoms with Crippen LogP contribution >= 0.6 is 8.58 Å². The molecular weight excluding hydrogens is 439 g/mol. The van der Waals surface area contributed by atoms with Gasteiger partial charge in [0, 0.05) is 0 Å². The summed E-state index contributed by atoms with van der Waals surface area (Å²) < 4.78 is 0. The second-order valence-electron chi connectivity index (χ2n) is 7.88. The zero-order chi connectivity index (χ0) is 21.9. The second-order valence-corrected chi connectivity index (χ2v) is 9.25. The van der Waals surface area contributed by atoms with Gasteiger partial charge >= 0.3 is 21.7 Å². The summed E-state index contributed by atoms with van der Waals surface area (Å²) in [5.74, 6) is 0.884. The average Bonchev–Trinajstić information content (AvgIpc) is 3.43. The number of benzene rings is 2. The maximum atomic E-state index is 3.46. The van der Waals surface area contributed by atoms with E-state index in [0.717, 1.165) is 14.5 Å². The number of fused-ring (bicyclic) bond motifs is 2. The van der Waals surface area contributed by atoms with E-state index in [9.17, 15) is 0 Å². The minimum Gasteiger partial charge on any atom is -0.227 e. The van der Waals surface area contributed by atoms with Crippen LogP contribution in [0.2, 0.25) is 0 Å². The number of rotatable bonds is 3. The van der Waals surface area contributed by atoms with Gasteiger partial charge in [-0.15, -0.1) is 58.9 Å².